The molecule has 2 amide bonds. The minimum atomic E-state index is -0.558. The summed E-state index contributed by atoms with van der Waals surface area (Å²) in [7, 11) is 0. The van der Waals surface area contributed by atoms with Gasteiger partial charge in [-0.3, -0.25) is 9.59 Å². The Labute approximate surface area is 131 Å². The molecule has 1 heterocycles. The minimum absolute atomic E-state index is 0.0241. The zero-order chi connectivity index (χ0) is 16.7. The van der Waals surface area contributed by atoms with Gasteiger partial charge in [0.25, 0.3) is 0 Å². The molecule has 122 valence electrons. The van der Waals surface area contributed by atoms with E-state index < -0.39 is 5.91 Å². The molecule has 23 heavy (non-hydrogen) atoms. The van der Waals surface area contributed by atoms with Crippen molar-refractivity contribution in [1.29, 1.82) is 0 Å². The molecule has 2 aromatic rings. The van der Waals surface area contributed by atoms with Crippen LogP contribution in [0.1, 0.15) is 23.4 Å². The third-order valence-corrected chi connectivity index (χ3v) is 2.60. The molecule has 1 aromatic carbocycles. The van der Waals surface area contributed by atoms with Crippen LogP contribution in [-0.4, -0.2) is 40.2 Å². The first-order chi connectivity index (χ1) is 11.1. The number of anilines is 1. The number of nitrogens with zero attached hydrogens (tertiary/aromatic N) is 2. The van der Waals surface area contributed by atoms with Crippen molar-refractivity contribution in [2.24, 2.45) is 0 Å². The van der Waals surface area contributed by atoms with E-state index in [1.54, 1.807) is 24.3 Å². The van der Waals surface area contributed by atoms with E-state index in [1.807, 2.05) is 0 Å². The van der Waals surface area contributed by atoms with Gasteiger partial charge in [0.15, 0.2) is 6.61 Å². The summed E-state index contributed by atoms with van der Waals surface area (Å²) in [4.78, 5) is 26.3. The van der Waals surface area contributed by atoms with E-state index in [9.17, 15) is 9.59 Å². The fraction of sp³-hybridized carbons (Fsp3) is 0.286. The molecule has 3 N–H and O–H groups in total. The molecular formula is C14H16N4O5. The first-order valence-corrected chi connectivity index (χ1v) is 6.80. The predicted molar refractivity (Wildman–Crippen MR) is 78.8 cm³/mol. The molecule has 0 saturated heterocycles. The summed E-state index contributed by atoms with van der Waals surface area (Å²) in [5.41, 5.74) is 0.659. The lowest BCUT2D eigenvalue weighted by molar-refractivity contribution is -0.114. The molecular weight excluding hydrogens is 304 g/mol. The zero-order valence-electron chi connectivity index (χ0n) is 12.4. The lowest BCUT2D eigenvalue weighted by Gasteiger charge is -2.05. The lowest BCUT2D eigenvalue weighted by atomic mass is 10.3. The number of aromatic nitrogens is 2. The molecule has 0 bridgehead atoms. The highest BCUT2D eigenvalue weighted by Gasteiger charge is 2.14. The number of carbonyl (C=O) groups is 2. The topological polar surface area (TPSA) is 127 Å². The first kappa shape index (κ1) is 16.4. The van der Waals surface area contributed by atoms with Gasteiger partial charge in [-0.05, 0) is 24.3 Å². The third kappa shape index (κ3) is 5.08. The number of nitrogens with one attached hydrogen (secondary N) is 2. The van der Waals surface area contributed by atoms with Gasteiger partial charge in [-0.15, -0.1) is 0 Å². The van der Waals surface area contributed by atoms with Gasteiger partial charge in [-0.25, -0.2) is 0 Å². The van der Waals surface area contributed by atoms with Crippen molar-refractivity contribution in [1.82, 2.24) is 15.5 Å². The number of hydrogen-bond acceptors (Lipinski definition) is 7. The Bertz CT molecular complexity index is 668. The highest BCUT2D eigenvalue weighted by molar-refractivity contribution is 5.89. The van der Waals surface area contributed by atoms with Gasteiger partial charge in [-0.2, -0.15) is 4.98 Å². The normalized spacial score (nSPS) is 10.2. The second kappa shape index (κ2) is 7.90. The van der Waals surface area contributed by atoms with Crippen LogP contribution in [0.2, 0.25) is 0 Å². The van der Waals surface area contributed by atoms with Gasteiger partial charge in [0.05, 0.1) is 6.61 Å². The molecule has 1 aromatic heterocycles. The Balaban J connectivity index is 1.87. The van der Waals surface area contributed by atoms with E-state index in [0.717, 1.165) is 0 Å². The maximum atomic E-state index is 11.5. The summed E-state index contributed by atoms with van der Waals surface area (Å²) >= 11 is 0. The summed E-state index contributed by atoms with van der Waals surface area (Å²) in [5.74, 6) is -0.145. The second-order valence-corrected chi connectivity index (χ2v) is 4.49. The second-order valence-electron chi connectivity index (χ2n) is 4.49. The molecule has 0 atom stereocenters. The standard InChI is InChI=1S/C14H16N4O5/c1-9(20)16-10-2-4-11(5-3-10)22-8-12-17-14(23-18-12)13(21)15-6-7-19/h2-5,19H,6-8H2,1H3,(H,15,21)(H,16,20). The number of hydrogen-bond donors (Lipinski definition) is 3. The van der Waals surface area contributed by atoms with E-state index in [2.05, 4.69) is 20.8 Å². The van der Waals surface area contributed by atoms with Crippen LogP contribution in [0.5, 0.6) is 5.75 Å². The van der Waals surface area contributed by atoms with Crippen molar-refractivity contribution in [3.8, 4) is 5.75 Å². The van der Waals surface area contributed by atoms with Crippen molar-refractivity contribution in [3.05, 3.63) is 36.0 Å². The van der Waals surface area contributed by atoms with Crippen LogP contribution in [0.4, 0.5) is 5.69 Å². The van der Waals surface area contributed by atoms with E-state index in [1.165, 1.54) is 6.92 Å². The molecule has 0 unspecified atom stereocenters. The molecule has 9 heteroatoms. The average molecular weight is 320 g/mol. The molecule has 9 nitrogen and oxygen atoms in total. The predicted octanol–water partition coefficient (Wildman–Crippen LogP) is 0.329. The minimum Gasteiger partial charge on any atom is -0.485 e. The number of rotatable bonds is 7. The Hall–Kier alpha value is -2.94. The fourth-order valence-corrected chi connectivity index (χ4v) is 1.64. The number of carbonyl (C=O) groups excluding carboxylic acids is 2. The van der Waals surface area contributed by atoms with Crippen molar-refractivity contribution < 1.29 is 24.0 Å². The van der Waals surface area contributed by atoms with Crippen LogP contribution in [0.15, 0.2) is 28.8 Å². The number of aliphatic hydroxyl groups is 1. The fourth-order valence-electron chi connectivity index (χ4n) is 1.64. The first-order valence-electron chi connectivity index (χ1n) is 6.80. The molecule has 0 aliphatic rings. The van der Waals surface area contributed by atoms with Crippen LogP contribution < -0.4 is 15.4 Å². The summed E-state index contributed by atoms with van der Waals surface area (Å²) in [5, 5.41) is 17.3. The molecule has 2 rings (SSSR count). The number of benzene rings is 1. The van der Waals surface area contributed by atoms with Gasteiger partial charge in [-0.1, -0.05) is 5.16 Å². The van der Waals surface area contributed by atoms with Crippen LogP contribution in [-0.2, 0) is 11.4 Å². The maximum Gasteiger partial charge on any atom is 0.316 e. The Morgan fingerprint density at radius 3 is 2.70 bits per heavy atom. The average Bonchev–Trinajstić information content (AvgIpc) is 3.00. The van der Waals surface area contributed by atoms with E-state index in [0.29, 0.717) is 11.4 Å². The molecule has 0 aliphatic carbocycles. The quantitative estimate of drug-likeness (QED) is 0.671. The number of aliphatic hydroxyl groups excluding tert-OH is 1. The van der Waals surface area contributed by atoms with Crippen LogP contribution >= 0.6 is 0 Å². The van der Waals surface area contributed by atoms with Crippen LogP contribution in [0.3, 0.4) is 0 Å². The summed E-state index contributed by atoms with van der Waals surface area (Å²) in [6.07, 6.45) is 0. The SMILES string of the molecule is CC(=O)Nc1ccc(OCc2noc(C(=O)NCCO)n2)cc1. The Morgan fingerprint density at radius 2 is 2.04 bits per heavy atom. The Morgan fingerprint density at radius 1 is 1.30 bits per heavy atom. The molecule has 0 aliphatic heterocycles. The molecule has 0 radical (unpaired) electrons. The van der Waals surface area contributed by atoms with Crippen LogP contribution in [0.25, 0.3) is 0 Å². The maximum absolute atomic E-state index is 11.5. The Kier molecular flexibility index (Phi) is 5.64. The molecule has 0 saturated carbocycles. The van der Waals surface area contributed by atoms with E-state index in [4.69, 9.17) is 14.4 Å². The monoisotopic (exact) mass is 320 g/mol. The van der Waals surface area contributed by atoms with Gasteiger partial charge < -0.3 is 25.0 Å². The molecule has 0 fully saturated rings. The highest BCUT2D eigenvalue weighted by Crippen LogP contribution is 2.16. The highest BCUT2D eigenvalue weighted by atomic mass is 16.5. The third-order valence-electron chi connectivity index (χ3n) is 2.60. The summed E-state index contributed by atoms with van der Waals surface area (Å²) < 4.78 is 10.2. The number of amides is 2. The van der Waals surface area contributed by atoms with Crippen molar-refractivity contribution >= 4 is 17.5 Å². The van der Waals surface area contributed by atoms with Crippen molar-refractivity contribution in [2.45, 2.75) is 13.5 Å². The van der Waals surface area contributed by atoms with Crippen molar-refractivity contribution in [3.63, 3.8) is 0 Å². The summed E-state index contributed by atoms with van der Waals surface area (Å²) in [6, 6.07) is 6.75. The van der Waals surface area contributed by atoms with Gasteiger partial charge in [0.1, 0.15) is 5.75 Å². The zero-order valence-corrected chi connectivity index (χ0v) is 12.4. The van der Waals surface area contributed by atoms with E-state index >= 15 is 0 Å². The molecule has 0 spiro atoms. The smallest absolute Gasteiger partial charge is 0.316 e. The van der Waals surface area contributed by atoms with Crippen LogP contribution in [0, 0.1) is 0 Å². The van der Waals surface area contributed by atoms with Gasteiger partial charge in [0.2, 0.25) is 11.7 Å². The van der Waals surface area contributed by atoms with Gasteiger partial charge >= 0.3 is 11.8 Å². The number of ether oxygens (including phenoxy) is 1. The summed E-state index contributed by atoms with van der Waals surface area (Å²) in [6.45, 7) is 1.38. The lowest BCUT2D eigenvalue weighted by Crippen LogP contribution is -2.26. The largest absolute Gasteiger partial charge is 0.485 e. The van der Waals surface area contributed by atoms with E-state index in [-0.39, 0.29) is 37.4 Å². The van der Waals surface area contributed by atoms with Crippen molar-refractivity contribution in [2.75, 3.05) is 18.5 Å². The van der Waals surface area contributed by atoms with Gasteiger partial charge in [0, 0.05) is 19.2 Å².